The Morgan fingerprint density at radius 1 is 0.677 bits per heavy atom. The molecular weight excluding hydrogens is 828 g/mol. The molecule has 0 bridgehead atoms. The number of anilines is 1. The van der Waals surface area contributed by atoms with Crippen LogP contribution in [0.25, 0.3) is 11.1 Å². The third kappa shape index (κ3) is 5.83. The Kier molecular flexibility index (Phi) is 9.20. The van der Waals surface area contributed by atoms with Crippen LogP contribution in [-0.2, 0) is 24.4 Å². The molecule has 3 aliphatic heterocycles. The smallest absolute Gasteiger partial charge is 0.338 e. The summed E-state index contributed by atoms with van der Waals surface area (Å²) in [5.74, 6) is -3.65. The van der Waals surface area contributed by atoms with Crippen LogP contribution in [0.4, 0.5) is 5.69 Å². The highest BCUT2D eigenvalue weighted by Gasteiger charge is 2.54. The van der Waals surface area contributed by atoms with Gasteiger partial charge in [0.2, 0.25) is 9.84 Å². The second-order valence-corrected chi connectivity index (χ2v) is 20.1. The van der Waals surface area contributed by atoms with E-state index in [1.807, 2.05) is 55.5 Å². The summed E-state index contributed by atoms with van der Waals surface area (Å²) in [5, 5.41) is -1.02. The van der Waals surface area contributed by atoms with Gasteiger partial charge in [-0.05, 0) is 98.1 Å². The summed E-state index contributed by atoms with van der Waals surface area (Å²) in [6.45, 7) is 8.84. The van der Waals surface area contributed by atoms with Gasteiger partial charge in [0.15, 0.2) is 5.75 Å². The molecular formula is C48H35N2O10PS. The average molecular weight is 863 g/mol. The third-order valence-electron chi connectivity index (χ3n) is 11.7. The molecule has 9 rings (SSSR count). The second-order valence-electron chi connectivity index (χ2n) is 15.5. The Labute approximate surface area is 356 Å². The van der Waals surface area contributed by atoms with E-state index in [-0.39, 0.29) is 49.1 Å². The number of carbonyl (C=O) groups is 5. The van der Waals surface area contributed by atoms with Gasteiger partial charge in [-0.2, -0.15) is 0 Å². The molecule has 0 aliphatic carbocycles. The summed E-state index contributed by atoms with van der Waals surface area (Å²) < 4.78 is 56.5. The van der Waals surface area contributed by atoms with Gasteiger partial charge in [0, 0.05) is 18.2 Å². The van der Waals surface area contributed by atoms with Crippen molar-refractivity contribution in [1.29, 1.82) is 0 Å². The first-order valence-electron chi connectivity index (χ1n) is 19.3. The SMILES string of the molecule is C=C(C)C(=O)Oc1cc(C(C)(c2ccc(C)cc2)P2(=O)Oc3ccccc3-c3ccccc32)ccc1N1C(=O)c2ccc(S(=O)(=O)c3ccc4c(c3)C(=O)N(C)C4=O)cc2C1=O. The molecule has 0 saturated carbocycles. The van der Waals surface area contributed by atoms with E-state index in [0.29, 0.717) is 22.2 Å². The number of fused-ring (bicyclic) bond motifs is 5. The highest BCUT2D eigenvalue weighted by Crippen LogP contribution is 2.69. The number of benzene rings is 6. The molecule has 12 nitrogen and oxygen atoms in total. The number of hydrogen-bond donors (Lipinski definition) is 0. The lowest BCUT2D eigenvalue weighted by Crippen LogP contribution is -2.35. The van der Waals surface area contributed by atoms with Crippen molar-refractivity contribution in [2.75, 3.05) is 11.9 Å². The van der Waals surface area contributed by atoms with E-state index in [2.05, 4.69) is 6.58 Å². The molecule has 62 heavy (non-hydrogen) atoms. The van der Waals surface area contributed by atoms with Crippen LogP contribution in [0.5, 0.6) is 11.5 Å². The maximum atomic E-state index is 16.1. The van der Waals surface area contributed by atoms with Gasteiger partial charge in [-0.3, -0.25) is 28.6 Å². The quantitative estimate of drug-likeness (QED) is 0.0479. The summed E-state index contributed by atoms with van der Waals surface area (Å²) >= 11 is 0. The monoisotopic (exact) mass is 862 g/mol. The van der Waals surface area contributed by atoms with Gasteiger partial charge < -0.3 is 9.26 Å². The Morgan fingerprint density at radius 3 is 1.89 bits per heavy atom. The molecule has 4 amide bonds. The van der Waals surface area contributed by atoms with Crippen molar-refractivity contribution in [3.05, 3.63) is 178 Å². The van der Waals surface area contributed by atoms with Crippen molar-refractivity contribution < 1.29 is 46.2 Å². The summed E-state index contributed by atoms with van der Waals surface area (Å²) in [7, 11) is -7.16. The molecule has 3 heterocycles. The van der Waals surface area contributed by atoms with Crippen LogP contribution in [-0.4, -0.2) is 50.0 Å². The predicted molar refractivity (Wildman–Crippen MR) is 230 cm³/mol. The predicted octanol–water partition coefficient (Wildman–Crippen LogP) is 8.26. The van der Waals surface area contributed by atoms with E-state index in [0.717, 1.165) is 38.6 Å². The van der Waals surface area contributed by atoms with Gasteiger partial charge in [-0.1, -0.05) is 78.9 Å². The van der Waals surface area contributed by atoms with E-state index in [1.165, 1.54) is 50.4 Å². The molecule has 0 fully saturated rings. The molecule has 308 valence electrons. The first kappa shape index (κ1) is 40.2. The summed E-state index contributed by atoms with van der Waals surface area (Å²) in [5.41, 5.74) is 2.88. The van der Waals surface area contributed by atoms with Crippen LogP contribution in [0.15, 0.2) is 149 Å². The number of imide groups is 2. The van der Waals surface area contributed by atoms with Crippen LogP contribution >= 0.6 is 7.37 Å². The van der Waals surface area contributed by atoms with Crippen LogP contribution in [0.1, 0.15) is 72.0 Å². The molecule has 0 saturated heterocycles. The van der Waals surface area contributed by atoms with Crippen molar-refractivity contribution in [2.45, 2.75) is 35.7 Å². The molecule has 0 N–H and O–H groups in total. The zero-order valence-electron chi connectivity index (χ0n) is 33.7. The fourth-order valence-corrected chi connectivity index (χ4v) is 12.4. The first-order chi connectivity index (χ1) is 29.5. The zero-order chi connectivity index (χ0) is 44.0. The molecule has 14 heteroatoms. The van der Waals surface area contributed by atoms with Crippen LogP contribution < -0.4 is 19.5 Å². The maximum absolute atomic E-state index is 16.1. The minimum absolute atomic E-state index is 0.0121. The number of sulfone groups is 1. The Bertz CT molecular complexity index is 3210. The molecule has 0 aromatic heterocycles. The summed E-state index contributed by atoms with van der Waals surface area (Å²) in [6, 6.07) is 33.6. The Hall–Kier alpha value is -7.21. The molecule has 2 unspecified atom stereocenters. The van der Waals surface area contributed by atoms with E-state index in [1.54, 1.807) is 37.3 Å². The number of esters is 1. The fraction of sp³-hybridized carbons (Fsp3) is 0.104. The molecule has 6 aromatic carbocycles. The van der Waals surface area contributed by atoms with Crippen molar-refractivity contribution in [2.24, 2.45) is 0 Å². The second kappa shape index (κ2) is 14.2. The lowest BCUT2D eigenvalue weighted by molar-refractivity contribution is -0.130. The van der Waals surface area contributed by atoms with Gasteiger partial charge in [0.05, 0.1) is 43.0 Å². The Balaban J connectivity index is 1.17. The van der Waals surface area contributed by atoms with Crippen LogP contribution in [0, 0.1) is 6.92 Å². The lowest BCUT2D eigenvalue weighted by atomic mass is 9.91. The molecule has 2 atom stereocenters. The highest BCUT2D eigenvalue weighted by atomic mass is 32.2. The topological polar surface area (TPSA) is 162 Å². The number of aryl methyl sites for hydroxylation is 1. The number of hydrogen-bond acceptors (Lipinski definition) is 10. The largest absolute Gasteiger partial charge is 0.438 e. The van der Waals surface area contributed by atoms with E-state index in [4.69, 9.17) is 9.26 Å². The van der Waals surface area contributed by atoms with Crippen LogP contribution in [0.3, 0.4) is 0 Å². The number of para-hydroxylation sites is 1. The van der Waals surface area contributed by atoms with Crippen LogP contribution in [0.2, 0.25) is 0 Å². The number of ether oxygens (including phenoxy) is 1. The van der Waals surface area contributed by atoms with E-state index >= 15 is 4.57 Å². The van der Waals surface area contributed by atoms with Gasteiger partial charge >= 0.3 is 5.97 Å². The number of carbonyl (C=O) groups excluding carboxylic acids is 5. The number of rotatable bonds is 8. The molecule has 0 spiro atoms. The normalized spacial score (nSPS) is 17.4. The standard InChI is InChI=1S/C48H35N2O10PS/c1-27(2)47(55)59-41-24-30(48(4,29-16-14-28(3)15-17-29)61(56)42-13-9-7-11-34(42)33-10-6-8-12-40(33)60-61)18-23-39(41)50-45(53)36-22-20-32(26-38(36)46(50)54)62(57,58)31-19-21-35-37(25-31)44(52)49(5)43(35)51/h6-26H,1H2,2-5H3. The van der Waals surface area contributed by atoms with Gasteiger partial charge in [0.1, 0.15) is 10.9 Å². The first-order valence-corrected chi connectivity index (χ1v) is 22.4. The zero-order valence-corrected chi connectivity index (χ0v) is 35.4. The Morgan fingerprint density at radius 2 is 1.23 bits per heavy atom. The third-order valence-corrected chi connectivity index (χ3v) is 16.6. The van der Waals surface area contributed by atoms with Gasteiger partial charge in [-0.25, -0.2) is 18.1 Å². The minimum Gasteiger partial charge on any atom is -0.438 e. The van der Waals surface area contributed by atoms with Gasteiger partial charge in [0.25, 0.3) is 31.0 Å². The summed E-state index contributed by atoms with van der Waals surface area (Å²) in [6.07, 6.45) is 0. The fourth-order valence-electron chi connectivity index (χ4n) is 8.15. The number of nitrogens with zero attached hydrogens (tertiary/aromatic N) is 2. The van der Waals surface area contributed by atoms with Gasteiger partial charge in [-0.15, -0.1) is 0 Å². The number of amides is 4. The van der Waals surface area contributed by atoms with Crippen molar-refractivity contribution in [3.63, 3.8) is 0 Å². The van der Waals surface area contributed by atoms with E-state index in [9.17, 15) is 32.4 Å². The summed E-state index contributed by atoms with van der Waals surface area (Å²) in [4.78, 5) is 68.0. The van der Waals surface area contributed by atoms with Crippen molar-refractivity contribution in [3.8, 4) is 22.6 Å². The molecule has 3 aliphatic rings. The minimum atomic E-state index is -4.39. The lowest BCUT2D eigenvalue weighted by Gasteiger charge is -2.41. The maximum Gasteiger partial charge on any atom is 0.338 e. The average Bonchev–Trinajstić information content (AvgIpc) is 3.65. The highest BCUT2D eigenvalue weighted by molar-refractivity contribution is 7.91. The molecule has 6 aromatic rings. The van der Waals surface area contributed by atoms with E-state index < -0.39 is 52.0 Å². The van der Waals surface area contributed by atoms with Crippen molar-refractivity contribution in [1.82, 2.24) is 4.90 Å². The van der Waals surface area contributed by atoms with Crippen molar-refractivity contribution >= 4 is 57.8 Å². The molecule has 0 radical (unpaired) electrons.